The lowest BCUT2D eigenvalue weighted by Gasteiger charge is -2.23. The zero-order valence-electron chi connectivity index (χ0n) is 10.9. The second-order valence-corrected chi connectivity index (χ2v) is 5.02. The number of rotatable bonds is 2. The maximum Gasteiger partial charge on any atom is 0.398 e. The van der Waals surface area contributed by atoms with Gasteiger partial charge < -0.3 is 10.5 Å². The molecule has 0 fully saturated rings. The van der Waals surface area contributed by atoms with Crippen LogP contribution in [0.5, 0.6) is 0 Å². The number of carbonyl (C=O) groups is 1. The molecule has 0 bridgehead atoms. The van der Waals surface area contributed by atoms with Crippen LogP contribution >= 0.6 is 0 Å². The highest BCUT2D eigenvalue weighted by atomic mass is 16.6. The van der Waals surface area contributed by atoms with Crippen LogP contribution in [-0.2, 0) is 15.1 Å². The highest BCUT2D eigenvalue weighted by Crippen LogP contribution is 2.28. The maximum absolute atomic E-state index is 12.1. The summed E-state index contributed by atoms with van der Waals surface area (Å²) < 4.78 is 5.24. The fraction of sp³-hybridized carbons (Fsp3) is 0.500. The molecule has 0 aliphatic heterocycles. The smallest absolute Gasteiger partial charge is 0.398 e. The predicted octanol–water partition coefficient (Wildman–Crippen LogP) is 1.53. The third-order valence-corrected chi connectivity index (χ3v) is 2.25. The van der Waals surface area contributed by atoms with Crippen molar-refractivity contribution >= 4 is 11.9 Å². The Morgan fingerprint density at radius 3 is 2.22 bits per heavy atom. The van der Waals surface area contributed by atoms with E-state index in [-0.39, 0.29) is 5.95 Å². The molecule has 1 aromatic rings. The number of nitrogen functional groups attached to an aromatic ring is 1. The standard InChI is InChI=1S/C12H16N4O2/c1-11(2,3)18-9(17)12(4,14-5)8-6-15-10(13)16-7-8/h6-7H,1-4H3,(H2,13,15,16). The van der Waals surface area contributed by atoms with E-state index in [0.29, 0.717) is 5.56 Å². The number of ether oxygens (including phenoxy) is 1. The summed E-state index contributed by atoms with van der Waals surface area (Å²) in [7, 11) is 0. The van der Waals surface area contributed by atoms with E-state index >= 15 is 0 Å². The van der Waals surface area contributed by atoms with E-state index < -0.39 is 17.1 Å². The number of nitrogens with two attached hydrogens (primary N) is 1. The number of anilines is 1. The first-order chi connectivity index (χ1) is 8.19. The molecule has 1 unspecified atom stereocenters. The third-order valence-electron chi connectivity index (χ3n) is 2.25. The van der Waals surface area contributed by atoms with Crippen LogP contribution < -0.4 is 5.73 Å². The molecule has 1 rings (SSSR count). The zero-order valence-corrected chi connectivity index (χ0v) is 10.9. The molecule has 6 heteroatoms. The zero-order chi connectivity index (χ0) is 14.0. The Kier molecular flexibility index (Phi) is 3.56. The van der Waals surface area contributed by atoms with Crippen molar-refractivity contribution in [2.75, 3.05) is 5.73 Å². The van der Waals surface area contributed by atoms with Crippen LogP contribution in [0.2, 0.25) is 0 Å². The number of aromatic nitrogens is 2. The summed E-state index contributed by atoms with van der Waals surface area (Å²) in [6, 6.07) is 0. The largest absolute Gasteiger partial charge is 0.454 e. The molecule has 2 N–H and O–H groups in total. The molecule has 0 aliphatic carbocycles. The summed E-state index contributed by atoms with van der Waals surface area (Å²) in [6.07, 6.45) is 2.73. The molecule has 1 atom stereocenters. The van der Waals surface area contributed by atoms with Crippen molar-refractivity contribution < 1.29 is 9.53 Å². The van der Waals surface area contributed by atoms with Crippen molar-refractivity contribution in [3.63, 3.8) is 0 Å². The van der Waals surface area contributed by atoms with E-state index in [1.165, 1.54) is 19.3 Å². The Balaban J connectivity index is 3.10. The van der Waals surface area contributed by atoms with Crippen LogP contribution in [0, 0.1) is 6.57 Å². The average molecular weight is 248 g/mol. The summed E-state index contributed by atoms with van der Waals surface area (Å²) >= 11 is 0. The van der Waals surface area contributed by atoms with Crippen molar-refractivity contribution in [3.8, 4) is 0 Å². The summed E-state index contributed by atoms with van der Waals surface area (Å²) in [6.45, 7) is 13.9. The molecule has 18 heavy (non-hydrogen) atoms. The Hall–Kier alpha value is -2.16. The number of carbonyl (C=O) groups excluding carboxylic acids is 1. The van der Waals surface area contributed by atoms with Gasteiger partial charge in [-0.3, -0.25) is 4.85 Å². The topological polar surface area (TPSA) is 82.5 Å². The molecule has 1 heterocycles. The fourth-order valence-electron chi connectivity index (χ4n) is 1.19. The highest BCUT2D eigenvalue weighted by Gasteiger charge is 2.46. The van der Waals surface area contributed by atoms with Gasteiger partial charge in [0.1, 0.15) is 5.60 Å². The van der Waals surface area contributed by atoms with Gasteiger partial charge in [-0.05, 0) is 20.8 Å². The molecule has 0 saturated heterocycles. The van der Waals surface area contributed by atoms with Crippen LogP contribution in [0.1, 0.15) is 33.3 Å². The molecular weight excluding hydrogens is 232 g/mol. The number of hydrogen-bond donors (Lipinski definition) is 1. The first-order valence-electron chi connectivity index (χ1n) is 5.39. The van der Waals surface area contributed by atoms with Crippen molar-refractivity contribution in [3.05, 3.63) is 29.4 Å². The molecular formula is C12H16N4O2. The number of esters is 1. The van der Waals surface area contributed by atoms with E-state index in [0.717, 1.165) is 0 Å². The molecule has 0 radical (unpaired) electrons. The molecule has 0 aliphatic rings. The van der Waals surface area contributed by atoms with Gasteiger partial charge in [-0.15, -0.1) is 0 Å². The van der Waals surface area contributed by atoms with Gasteiger partial charge in [0.25, 0.3) is 0 Å². The van der Waals surface area contributed by atoms with E-state index in [1.807, 2.05) is 0 Å². The van der Waals surface area contributed by atoms with Crippen LogP contribution in [-0.4, -0.2) is 21.5 Å². The minimum atomic E-state index is -1.46. The summed E-state index contributed by atoms with van der Waals surface area (Å²) in [5.74, 6) is -0.534. The van der Waals surface area contributed by atoms with Crippen LogP contribution in [0.15, 0.2) is 12.4 Å². The number of hydrogen-bond acceptors (Lipinski definition) is 5. The van der Waals surface area contributed by atoms with Gasteiger partial charge in [0, 0.05) is 19.3 Å². The Labute approximate surface area is 106 Å². The summed E-state index contributed by atoms with van der Waals surface area (Å²) in [5, 5.41) is 0. The lowest BCUT2D eigenvalue weighted by Crippen LogP contribution is -2.36. The summed E-state index contributed by atoms with van der Waals surface area (Å²) in [4.78, 5) is 23.0. The quantitative estimate of drug-likeness (QED) is 0.634. The SMILES string of the molecule is [C-]#[N+]C(C)(C(=O)OC(C)(C)C)c1cnc(N)nc1. The van der Waals surface area contributed by atoms with Gasteiger partial charge in [-0.2, -0.15) is 0 Å². The normalized spacial score (nSPS) is 14.4. The van der Waals surface area contributed by atoms with Gasteiger partial charge in [0.05, 0.1) is 5.56 Å². The van der Waals surface area contributed by atoms with Gasteiger partial charge in [-0.1, -0.05) is 0 Å². The minimum absolute atomic E-state index is 0.0928. The lowest BCUT2D eigenvalue weighted by atomic mass is 9.95. The van der Waals surface area contributed by atoms with E-state index in [1.54, 1.807) is 20.8 Å². The van der Waals surface area contributed by atoms with Crippen molar-refractivity contribution in [2.24, 2.45) is 0 Å². The van der Waals surface area contributed by atoms with Crippen molar-refractivity contribution in [2.45, 2.75) is 38.8 Å². The van der Waals surface area contributed by atoms with E-state index in [4.69, 9.17) is 17.0 Å². The Bertz CT molecular complexity index is 484. The van der Waals surface area contributed by atoms with E-state index in [9.17, 15) is 4.79 Å². The molecule has 96 valence electrons. The molecule has 0 saturated carbocycles. The second-order valence-electron chi connectivity index (χ2n) is 5.02. The maximum atomic E-state index is 12.1. The molecule has 6 nitrogen and oxygen atoms in total. The van der Waals surface area contributed by atoms with Crippen LogP contribution in [0.4, 0.5) is 5.95 Å². The Morgan fingerprint density at radius 1 is 1.33 bits per heavy atom. The highest BCUT2D eigenvalue weighted by molar-refractivity contribution is 5.84. The summed E-state index contributed by atoms with van der Waals surface area (Å²) in [5.41, 5.74) is 3.62. The monoisotopic (exact) mass is 248 g/mol. The number of nitrogens with zero attached hydrogens (tertiary/aromatic N) is 3. The minimum Gasteiger partial charge on any atom is -0.454 e. The van der Waals surface area contributed by atoms with Crippen molar-refractivity contribution in [1.29, 1.82) is 0 Å². The van der Waals surface area contributed by atoms with Gasteiger partial charge in [0.15, 0.2) is 0 Å². The second kappa shape index (κ2) is 4.61. The van der Waals surface area contributed by atoms with Gasteiger partial charge in [0.2, 0.25) is 5.95 Å². The first kappa shape index (κ1) is 13.9. The third kappa shape index (κ3) is 2.94. The predicted molar refractivity (Wildman–Crippen MR) is 66.2 cm³/mol. The Morgan fingerprint density at radius 2 is 1.83 bits per heavy atom. The molecule has 0 amide bonds. The first-order valence-corrected chi connectivity index (χ1v) is 5.39. The van der Waals surface area contributed by atoms with Crippen molar-refractivity contribution in [1.82, 2.24) is 9.97 Å². The average Bonchev–Trinajstić information content (AvgIpc) is 2.26. The van der Waals surface area contributed by atoms with Crippen LogP contribution in [0.25, 0.3) is 4.85 Å². The van der Waals surface area contributed by atoms with Gasteiger partial charge >= 0.3 is 11.5 Å². The van der Waals surface area contributed by atoms with E-state index in [2.05, 4.69) is 14.8 Å². The van der Waals surface area contributed by atoms with Crippen LogP contribution in [0.3, 0.4) is 0 Å². The fourth-order valence-corrected chi connectivity index (χ4v) is 1.19. The molecule has 1 aromatic heterocycles. The molecule has 0 spiro atoms. The molecule has 0 aromatic carbocycles. The van der Waals surface area contributed by atoms with Gasteiger partial charge in [-0.25, -0.2) is 21.3 Å². The lowest BCUT2D eigenvalue weighted by molar-refractivity contribution is -0.159.